The molecule has 1 N–H and O–H groups in total. The molecule has 1 heterocycles. The highest BCUT2D eigenvalue weighted by Crippen LogP contribution is 2.25. The predicted molar refractivity (Wildman–Crippen MR) is 73.7 cm³/mol. The average Bonchev–Trinajstić information content (AvgIpc) is 2.39. The Morgan fingerprint density at radius 3 is 2.83 bits per heavy atom. The van der Waals surface area contributed by atoms with E-state index in [0.717, 1.165) is 12.3 Å². The molecule has 2 rings (SSSR count). The third-order valence-electron chi connectivity index (χ3n) is 3.42. The van der Waals surface area contributed by atoms with Gasteiger partial charge in [-0.3, -0.25) is 4.98 Å². The molecule has 0 saturated heterocycles. The van der Waals surface area contributed by atoms with Crippen molar-refractivity contribution in [1.29, 1.82) is 0 Å². The largest absolute Gasteiger partial charge is 0.488 e. The van der Waals surface area contributed by atoms with Crippen LogP contribution in [0.2, 0.25) is 0 Å². The van der Waals surface area contributed by atoms with E-state index in [1.807, 2.05) is 18.5 Å². The average molecular weight is 248 g/mol. The topological polar surface area (TPSA) is 34.2 Å². The van der Waals surface area contributed by atoms with E-state index in [1.54, 1.807) is 0 Å². The monoisotopic (exact) mass is 248 g/mol. The summed E-state index contributed by atoms with van der Waals surface area (Å²) in [6.07, 6.45) is 10.4. The van der Waals surface area contributed by atoms with Gasteiger partial charge in [-0.2, -0.15) is 0 Å². The summed E-state index contributed by atoms with van der Waals surface area (Å²) in [6.45, 7) is 5.16. The lowest BCUT2D eigenvalue weighted by Crippen LogP contribution is -2.24. The van der Waals surface area contributed by atoms with Crippen molar-refractivity contribution in [3.8, 4) is 5.75 Å². The van der Waals surface area contributed by atoms with Crippen molar-refractivity contribution in [3.05, 3.63) is 24.0 Å². The Labute approximate surface area is 110 Å². The van der Waals surface area contributed by atoms with Gasteiger partial charge in [0.05, 0.1) is 12.3 Å². The fraction of sp³-hybridized carbons (Fsp3) is 0.667. The van der Waals surface area contributed by atoms with Gasteiger partial charge < -0.3 is 10.1 Å². The van der Waals surface area contributed by atoms with Gasteiger partial charge in [-0.15, -0.1) is 0 Å². The summed E-state index contributed by atoms with van der Waals surface area (Å²) in [5, 5.41) is 3.43. The standard InChI is InChI=1S/C15H24N2O/c1-12(2)17-10-13-8-9-16-11-15(13)18-14-6-4-3-5-7-14/h8-9,11-12,14,17H,3-7,10H2,1-2H3. The highest BCUT2D eigenvalue weighted by molar-refractivity contribution is 5.30. The van der Waals surface area contributed by atoms with Crippen molar-refractivity contribution in [2.24, 2.45) is 0 Å². The summed E-state index contributed by atoms with van der Waals surface area (Å²) >= 11 is 0. The van der Waals surface area contributed by atoms with Gasteiger partial charge in [0, 0.05) is 24.3 Å². The van der Waals surface area contributed by atoms with Crippen molar-refractivity contribution in [3.63, 3.8) is 0 Å². The van der Waals surface area contributed by atoms with Crippen LogP contribution in [0.5, 0.6) is 5.75 Å². The molecule has 0 amide bonds. The van der Waals surface area contributed by atoms with Crippen LogP contribution >= 0.6 is 0 Å². The van der Waals surface area contributed by atoms with E-state index in [-0.39, 0.29) is 0 Å². The highest BCUT2D eigenvalue weighted by atomic mass is 16.5. The normalized spacial score (nSPS) is 17.1. The van der Waals surface area contributed by atoms with Crippen LogP contribution in [0.3, 0.4) is 0 Å². The molecule has 1 saturated carbocycles. The second kappa shape index (κ2) is 6.74. The molecule has 1 aliphatic carbocycles. The van der Waals surface area contributed by atoms with E-state index in [1.165, 1.54) is 37.7 Å². The van der Waals surface area contributed by atoms with Crippen LogP contribution in [0.15, 0.2) is 18.5 Å². The van der Waals surface area contributed by atoms with Crippen molar-refractivity contribution in [1.82, 2.24) is 10.3 Å². The molecule has 1 aliphatic rings. The van der Waals surface area contributed by atoms with Gasteiger partial charge in [-0.1, -0.05) is 20.3 Å². The second-order valence-corrected chi connectivity index (χ2v) is 5.40. The molecule has 1 aromatic heterocycles. The number of nitrogens with zero attached hydrogens (tertiary/aromatic N) is 1. The van der Waals surface area contributed by atoms with E-state index in [0.29, 0.717) is 12.1 Å². The van der Waals surface area contributed by atoms with Gasteiger partial charge >= 0.3 is 0 Å². The number of hydrogen-bond acceptors (Lipinski definition) is 3. The third kappa shape index (κ3) is 3.98. The quantitative estimate of drug-likeness (QED) is 0.868. The zero-order valence-corrected chi connectivity index (χ0v) is 11.5. The number of pyridine rings is 1. The van der Waals surface area contributed by atoms with E-state index < -0.39 is 0 Å². The van der Waals surface area contributed by atoms with Crippen LogP contribution in [0.1, 0.15) is 51.5 Å². The van der Waals surface area contributed by atoms with Crippen LogP contribution in [0, 0.1) is 0 Å². The Morgan fingerprint density at radius 1 is 1.33 bits per heavy atom. The van der Waals surface area contributed by atoms with Crippen LogP contribution in [0.4, 0.5) is 0 Å². The van der Waals surface area contributed by atoms with Gasteiger partial charge in [0.25, 0.3) is 0 Å². The maximum atomic E-state index is 6.12. The Bertz CT molecular complexity index is 359. The first-order valence-electron chi connectivity index (χ1n) is 7.08. The summed E-state index contributed by atoms with van der Waals surface area (Å²) in [5.41, 5.74) is 1.21. The summed E-state index contributed by atoms with van der Waals surface area (Å²) in [5.74, 6) is 0.956. The summed E-state index contributed by atoms with van der Waals surface area (Å²) in [7, 11) is 0. The molecule has 1 fully saturated rings. The van der Waals surface area contributed by atoms with Crippen molar-refractivity contribution in [2.75, 3.05) is 0 Å². The number of hydrogen-bond donors (Lipinski definition) is 1. The highest BCUT2D eigenvalue weighted by Gasteiger charge is 2.16. The minimum Gasteiger partial charge on any atom is -0.488 e. The molecule has 0 atom stereocenters. The van der Waals surface area contributed by atoms with Gasteiger partial charge in [0.15, 0.2) is 0 Å². The summed E-state index contributed by atoms with van der Waals surface area (Å²) in [6, 6.07) is 2.54. The van der Waals surface area contributed by atoms with Gasteiger partial charge in [0.2, 0.25) is 0 Å². The number of nitrogens with one attached hydrogen (secondary N) is 1. The minimum atomic E-state index is 0.390. The first-order valence-corrected chi connectivity index (χ1v) is 7.08. The fourth-order valence-electron chi connectivity index (χ4n) is 2.34. The molecule has 0 spiro atoms. The van der Waals surface area contributed by atoms with E-state index in [4.69, 9.17) is 4.74 Å². The molecule has 0 radical (unpaired) electrons. The maximum Gasteiger partial charge on any atom is 0.142 e. The summed E-state index contributed by atoms with van der Waals surface area (Å²) < 4.78 is 6.12. The molecule has 3 nitrogen and oxygen atoms in total. The molecule has 18 heavy (non-hydrogen) atoms. The van der Waals surface area contributed by atoms with Crippen LogP contribution < -0.4 is 10.1 Å². The number of ether oxygens (including phenoxy) is 1. The molecule has 0 aromatic carbocycles. The second-order valence-electron chi connectivity index (χ2n) is 5.40. The summed E-state index contributed by atoms with van der Waals surface area (Å²) in [4.78, 5) is 4.19. The zero-order chi connectivity index (χ0) is 12.8. The molecule has 0 unspecified atom stereocenters. The number of rotatable bonds is 5. The molecular formula is C15H24N2O. The minimum absolute atomic E-state index is 0.390. The number of aromatic nitrogens is 1. The van der Waals surface area contributed by atoms with Crippen molar-refractivity contribution < 1.29 is 4.74 Å². The predicted octanol–water partition coefficient (Wildman–Crippen LogP) is 3.29. The first kappa shape index (κ1) is 13.3. The van der Waals surface area contributed by atoms with Crippen LogP contribution in [-0.2, 0) is 6.54 Å². The Kier molecular flexibility index (Phi) is 5.00. The molecular weight excluding hydrogens is 224 g/mol. The maximum absolute atomic E-state index is 6.12. The lowest BCUT2D eigenvalue weighted by molar-refractivity contribution is 0.152. The lowest BCUT2D eigenvalue weighted by Gasteiger charge is -2.24. The van der Waals surface area contributed by atoms with Gasteiger partial charge in [-0.05, 0) is 31.7 Å². The van der Waals surface area contributed by atoms with Crippen molar-refractivity contribution >= 4 is 0 Å². The lowest BCUT2D eigenvalue weighted by atomic mass is 9.98. The Balaban J connectivity index is 1.97. The van der Waals surface area contributed by atoms with Gasteiger partial charge in [0.1, 0.15) is 5.75 Å². The van der Waals surface area contributed by atoms with Crippen LogP contribution in [0.25, 0.3) is 0 Å². The Hall–Kier alpha value is -1.09. The molecule has 0 aliphatic heterocycles. The molecule has 100 valence electrons. The smallest absolute Gasteiger partial charge is 0.142 e. The van der Waals surface area contributed by atoms with E-state index in [2.05, 4.69) is 24.1 Å². The van der Waals surface area contributed by atoms with Crippen LogP contribution in [-0.4, -0.2) is 17.1 Å². The Morgan fingerprint density at radius 2 is 2.11 bits per heavy atom. The van der Waals surface area contributed by atoms with E-state index in [9.17, 15) is 0 Å². The first-order chi connectivity index (χ1) is 8.75. The molecule has 0 bridgehead atoms. The third-order valence-corrected chi connectivity index (χ3v) is 3.42. The molecule has 1 aromatic rings. The fourth-order valence-corrected chi connectivity index (χ4v) is 2.34. The molecule has 3 heteroatoms. The SMILES string of the molecule is CC(C)NCc1ccncc1OC1CCCCC1. The zero-order valence-electron chi connectivity index (χ0n) is 11.5. The van der Waals surface area contributed by atoms with Gasteiger partial charge in [-0.25, -0.2) is 0 Å². The van der Waals surface area contributed by atoms with Crippen molar-refractivity contribution in [2.45, 2.75) is 64.6 Å². The van der Waals surface area contributed by atoms with E-state index >= 15 is 0 Å².